The van der Waals surface area contributed by atoms with Gasteiger partial charge in [0.05, 0.1) is 0 Å². The summed E-state index contributed by atoms with van der Waals surface area (Å²) in [6.07, 6.45) is 2.24. The molecule has 0 aliphatic heterocycles. The molecule has 98 valence electrons. The largest absolute Gasteiger partial charge is 0.384 e. The van der Waals surface area contributed by atoms with Crippen LogP contribution in [0.15, 0.2) is 30.3 Å². The molecule has 2 N–H and O–H groups in total. The average molecular weight is 258 g/mol. The van der Waals surface area contributed by atoms with Gasteiger partial charge in [0.2, 0.25) is 0 Å². The first-order valence-corrected chi connectivity index (χ1v) is 6.27. The van der Waals surface area contributed by atoms with Gasteiger partial charge in [-0.25, -0.2) is 14.4 Å². The van der Waals surface area contributed by atoms with Crippen LogP contribution in [0.5, 0.6) is 0 Å². The van der Waals surface area contributed by atoms with E-state index in [0.29, 0.717) is 17.6 Å². The summed E-state index contributed by atoms with van der Waals surface area (Å²) in [4.78, 5) is 10.6. The molecule has 0 amide bonds. The first kappa shape index (κ1) is 11.9. The zero-order valence-corrected chi connectivity index (χ0v) is 10.7. The van der Waals surface area contributed by atoms with E-state index in [9.17, 15) is 4.39 Å². The topological polar surface area (TPSA) is 55.0 Å². The van der Waals surface area contributed by atoms with E-state index in [2.05, 4.69) is 9.97 Å². The SMILES string of the molecule is CN(c1cccc(F)c1)c1cc(N)nc(C2CC2)n1. The van der Waals surface area contributed by atoms with E-state index in [4.69, 9.17) is 5.73 Å². The van der Waals surface area contributed by atoms with Crippen LogP contribution < -0.4 is 10.6 Å². The van der Waals surface area contributed by atoms with E-state index in [1.165, 1.54) is 12.1 Å². The highest BCUT2D eigenvalue weighted by molar-refractivity contribution is 5.61. The zero-order valence-electron chi connectivity index (χ0n) is 10.7. The van der Waals surface area contributed by atoms with Crippen LogP contribution in [-0.2, 0) is 0 Å². The molecule has 0 radical (unpaired) electrons. The molecule has 1 aromatic carbocycles. The van der Waals surface area contributed by atoms with Crippen LogP contribution in [0.4, 0.5) is 21.7 Å². The number of nitrogens with two attached hydrogens (primary N) is 1. The van der Waals surface area contributed by atoms with E-state index in [1.807, 2.05) is 18.0 Å². The Hall–Kier alpha value is -2.17. The lowest BCUT2D eigenvalue weighted by atomic mass is 10.3. The van der Waals surface area contributed by atoms with Gasteiger partial charge < -0.3 is 10.6 Å². The van der Waals surface area contributed by atoms with Crippen molar-refractivity contribution in [3.05, 3.63) is 42.0 Å². The van der Waals surface area contributed by atoms with E-state index in [-0.39, 0.29) is 5.82 Å². The van der Waals surface area contributed by atoms with Crippen LogP contribution in [0.25, 0.3) is 0 Å². The normalized spacial score (nSPS) is 14.4. The molecule has 0 atom stereocenters. The predicted molar refractivity (Wildman–Crippen MR) is 72.9 cm³/mol. The Balaban J connectivity index is 1.96. The minimum Gasteiger partial charge on any atom is -0.384 e. The van der Waals surface area contributed by atoms with Crippen LogP contribution in [0, 0.1) is 5.82 Å². The lowest BCUT2D eigenvalue weighted by Crippen LogP contribution is -2.13. The fraction of sp³-hybridized carbons (Fsp3) is 0.286. The van der Waals surface area contributed by atoms with Crippen molar-refractivity contribution < 1.29 is 4.39 Å². The lowest BCUT2D eigenvalue weighted by Gasteiger charge is -2.19. The molecule has 2 aromatic rings. The van der Waals surface area contributed by atoms with Gasteiger partial charge in [-0.2, -0.15) is 0 Å². The maximum absolute atomic E-state index is 13.3. The lowest BCUT2D eigenvalue weighted by molar-refractivity contribution is 0.628. The highest BCUT2D eigenvalue weighted by Gasteiger charge is 2.27. The second kappa shape index (κ2) is 4.50. The van der Waals surface area contributed by atoms with Crippen LogP contribution in [-0.4, -0.2) is 17.0 Å². The van der Waals surface area contributed by atoms with Crippen LogP contribution >= 0.6 is 0 Å². The second-order valence-electron chi connectivity index (χ2n) is 4.82. The smallest absolute Gasteiger partial charge is 0.138 e. The van der Waals surface area contributed by atoms with Gasteiger partial charge in [-0.3, -0.25) is 0 Å². The molecule has 5 heteroatoms. The number of aromatic nitrogens is 2. The number of hydrogen-bond acceptors (Lipinski definition) is 4. The van der Waals surface area contributed by atoms with Gasteiger partial charge in [0.1, 0.15) is 23.3 Å². The summed E-state index contributed by atoms with van der Waals surface area (Å²) >= 11 is 0. The Morgan fingerprint density at radius 1 is 1.26 bits per heavy atom. The van der Waals surface area contributed by atoms with Crippen LogP contribution in [0.1, 0.15) is 24.6 Å². The molecule has 1 aliphatic carbocycles. The molecule has 0 spiro atoms. The zero-order chi connectivity index (χ0) is 13.4. The van der Waals surface area contributed by atoms with Crippen molar-refractivity contribution in [1.82, 2.24) is 9.97 Å². The molecule has 19 heavy (non-hydrogen) atoms. The molecule has 0 unspecified atom stereocenters. The Kier molecular flexibility index (Phi) is 2.81. The predicted octanol–water partition coefficient (Wildman–Crippen LogP) is 2.84. The van der Waals surface area contributed by atoms with Crippen molar-refractivity contribution in [2.24, 2.45) is 0 Å². The summed E-state index contributed by atoms with van der Waals surface area (Å²) < 4.78 is 13.3. The number of nitrogens with zero attached hydrogens (tertiary/aromatic N) is 3. The first-order valence-electron chi connectivity index (χ1n) is 6.27. The third kappa shape index (κ3) is 2.50. The van der Waals surface area contributed by atoms with E-state index < -0.39 is 0 Å². The van der Waals surface area contributed by atoms with Crippen molar-refractivity contribution in [3.63, 3.8) is 0 Å². The summed E-state index contributed by atoms with van der Waals surface area (Å²) in [6, 6.07) is 8.10. The molecule has 1 aliphatic rings. The third-order valence-electron chi connectivity index (χ3n) is 3.23. The number of hydrogen-bond donors (Lipinski definition) is 1. The highest BCUT2D eigenvalue weighted by Crippen LogP contribution is 2.39. The van der Waals surface area contributed by atoms with E-state index in [1.54, 1.807) is 12.1 Å². The van der Waals surface area contributed by atoms with Crippen molar-refractivity contribution >= 4 is 17.3 Å². The maximum atomic E-state index is 13.3. The van der Waals surface area contributed by atoms with Gasteiger partial charge in [0.15, 0.2) is 0 Å². The summed E-state index contributed by atoms with van der Waals surface area (Å²) in [6.45, 7) is 0. The molecule has 3 rings (SSSR count). The monoisotopic (exact) mass is 258 g/mol. The Bertz CT molecular complexity index is 610. The number of anilines is 3. The number of rotatable bonds is 3. The van der Waals surface area contributed by atoms with Gasteiger partial charge in [-0.1, -0.05) is 6.07 Å². The second-order valence-corrected chi connectivity index (χ2v) is 4.82. The fourth-order valence-corrected chi connectivity index (χ4v) is 1.98. The highest BCUT2D eigenvalue weighted by atomic mass is 19.1. The molecule has 1 aromatic heterocycles. The molecular formula is C14H15FN4. The standard InChI is InChI=1S/C14H15FN4/c1-19(11-4-2-3-10(15)7-11)13-8-12(16)17-14(18-13)9-5-6-9/h2-4,7-9H,5-6H2,1H3,(H2,16,17,18). The van der Waals surface area contributed by atoms with Gasteiger partial charge in [0, 0.05) is 24.7 Å². The van der Waals surface area contributed by atoms with Gasteiger partial charge >= 0.3 is 0 Å². The number of benzene rings is 1. The minimum atomic E-state index is -0.270. The summed E-state index contributed by atoms with van der Waals surface area (Å²) in [5.41, 5.74) is 6.55. The van der Waals surface area contributed by atoms with Crippen LogP contribution in [0.2, 0.25) is 0 Å². The van der Waals surface area contributed by atoms with Crippen molar-refractivity contribution in [2.75, 3.05) is 17.7 Å². The average Bonchev–Trinajstić information content (AvgIpc) is 3.21. The summed E-state index contributed by atoms with van der Waals surface area (Å²) in [5, 5.41) is 0. The Morgan fingerprint density at radius 2 is 2.05 bits per heavy atom. The molecule has 1 heterocycles. The Morgan fingerprint density at radius 3 is 2.74 bits per heavy atom. The first-order chi connectivity index (χ1) is 9.13. The molecule has 4 nitrogen and oxygen atoms in total. The van der Waals surface area contributed by atoms with Crippen LogP contribution in [0.3, 0.4) is 0 Å². The fourth-order valence-electron chi connectivity index (χ4n) is 1.98. The van der Waals surface area contributed by atoms with E-state index >= 15 is 0 Å². The van der Waals surface area contributed by atoms with Gasteiger partial charge in [0.25, 0.3) is 0 Å². The summed E-state index contributed by atoms with van der Waals surface area (Å²) in [7, 11) is 1.84. The van der Waals surface area contributed by atoms with E-state index in [0.717, 1.165) is 24.4 Å². The number of halogens is 1. The maximum Gasteiger partial charge on any atom is 0.138 e. The van der Waals surface area contributed by atoms with Gasteiger partial charge in [-0.15, -0.1) is 0 Å². The molecule has 0 saturated heterocycles. The molecular weight excluding hydrogens is 243 g/mol. The molecule has 0 bridgehead atoms. The molecule has 1 fully saturated rings. The minimum absolute atomic E-state index is 0.270. The Labute approximate surface area is 111 Å². The molecule has 1 saturated carbocycles. The third-order valence-corrected chi connectivity index (χ3v) is 3.23. The van der Waals surface area contributed by atoms with Crippen molar-refractivity contribution in [3.8, 4) is 0 Å². The quantitative estimate of drug-likeness (QED) is 0.919. The van der Waals surface area contributed by atoms with Gasteiger partial charge in [-0.05, 0) is 31.0 Å². The van der Waals surface area contributed by atoms with Crippen molar-refractivity contribution in [1.29, 1.82) is 0 Å². The summed E-state index contributed by atoms with van der Waals surface area (Å²) in [5.74, 6) is 2.10. The number of nitrogen functional groups attached to an aromatic ring is 1. The van der Waals surface area contributed by atoms with Crippen molar-refractivity contribution in [2.45, 2.75) is 18.8 Å².